The molecule has 1 heterocycles. The summed E-state index contributed by atoms with van der Waals surface area (Å²) in [5, 5.41) is 4.27. The van der Waals surface area contributed by atoms with Gasteiger partial charge < -0.3 is 5.32 Å². The number of carbonyl (C=O) groups excluding carboxylic acids is 1. The number of rotatable bonds is 6. The summed E-state index contributed by atoms with van der Waals surface area (Å²) < 4.78 is 0. The van der Waals surface area contributed by atoms with Gasteiger partial charge in [0.1, 0.15) is 0 Å². The van der Waals surface area contributed by atoms with E-state index in [1.807, 2.05) is 61.5 Å². The second-order valence-corrected chi connectivity index (χ2v) is 8.43. The number of Topliss-reactive ketones (excluding diaryl/α,β-unsaturated/α-hetero) is 1. The Kier molecular flexibility index (Phi) is 6.47. The van der Waals surface area contributed by atoms with E-state index in [4.69, 9.17) is 11.6 Å². The first-order valence-electron chi connectivity index (χ1n) is 10.5. The molecule has 30 heavy (non-hydrogen) atoms. The molecule has 3 aromatic carbocycles. The van der Waals surface area contributed by atoms with Gasteiger partial charge in [0.25, 0.3) is 0 Å². The van der Waals surface area contributed by atoms with Crippen LogP contribution in [0.4, 0.5) is 0 Å². The molecular weight excluding hydrogens is 390 g/mol. The summed E-state index contributed by atoms with van der Waals surface area (Å²) in [7, 11) is 0. The van der Waals surface area contributed by atoms with Crippen LogP contribution in [-0.4, -0.2) is 18.4 Å². The zero-order chi connectivity index (χ0) is 20.9. The standard InChI is InChI=1S/C27H26ClNO/c1-19(17-26-18-24(15-16-29-26)20-5-3-2-4-6-20)27(30)23-9-7-21(8-10-23)22-11-13-25(28)14-12-22/h2-15,19,26,29H,16-18H2,1H3. The van der Waals surface area contributed by atoms with Crippen molar-refractivity contribution in [3.63, 3.8) is 0 Å². The zero-order valence-electron chi connectivity index (χ0n) is 17.1. The Morgan fingerprint density at radius 2 is 1.57 bits per heavy atom. The average Bonchev–Trinajstić information content (AvgIpc) is 2.80. The number of halogens is 1. The molecule has 4 rings (SSSR count). The van der Waals surface area contributed by atoms with Gasteiger partial charge >= 0.3 is 0 Å². The van der Waals surface area contributed by atoms with Crippen LogP contribution in [0.1, 0.15) is 35.7 Å². The minimum absolute atomic E-state index is 0.0287. The molecule has 1 aliphatic rings. The lowest BCUT2D eigenvalue weighted by molar-refractivity contribution is 0.0916. The number of ketones is 1. The van der Waals surface area contributed by atoms with Crippen molar-refractivity contribution in [1.82, 2.24) is 5.32 Å². The van der Waals surface area contributed by atoms with Gasteiger partial charge in [0.2, 0.25) is 0 Å². The Labute approximate surface area is 183 Å². The molecule has 0 saturated carbocycles. The van der Waals surface area contributed by atoms with E-state index < -0.39 is 0 Å². The Morgan fingerprint density at radius 1 is 0.933 bits per heavy atom. The second-order valence-electron chi connectivity index (χ2n) is 7.99. The minimum atomic E-state index is -0.0287. The van der Waals surface area contributed by atoms with Crippen molar-refractivity contribution in [1.29, 1.82) is 0 Å². The molecule has 0 aromatic heterocycles. The van der Waals surface area contributed by atoms with Gasteiger partial charge in [-0.1, -0.05) is 91.3 Å². The zero-order valence-corrected chi connectivity index (χ0v) is 17.9. The Bertz CT molecular complexity index is 1020. The van der Waals surface area contributed by atoms with Crippen molar-refractivity contribution in [2.24, 2.45) is 5.92 Å². The van der Waals surface area contributed by atoms with Gasteiger partial charge in [0, 0.05) is 29.1 Å². The molecule has 1 N–H and O–H groups in total. The molecule has 152 valence electrons. The molecule has 3 heteroatoms. The van der Waals surface area contributed by atoms with Gasteiger partial charge in [-0.3, -0.25) is 4.79 Å². The molecular formula is C27H26ClNO. The number of nitrogens with one attached hydrogen (secondary N) is 1. The van der Waals surface area contributed by atoms with Crippen LogP contribution >= 0.6 is 11.6 Å². The molecule has 0 aliphatic carbocycles. The molecule has 2 unspecified atom stereocenters. The Hall–Kier alpha value is -2.68. The fourth-order valence-electron chi connectivity index (χ4n) is 4.11. The highest BCUT2D eigenvalue weighted by atomic mass is 35.5. The summed E-state index contributed by atoms with van der Waals surface area (Å²) in [6, 6.07) is 26.5. The Balaban J connectivity index is 1.39. The van der Waals surface area contributed by atoms with Crippen molar-refractivity contribution < 1.29 is 4.79 Å². The van der Waals surface area contributed by atoms with Crippen LogP contribution in [-0.2, 0) is 0 Å². The maximum absolute atomic E-state index is 13.0. The third-order valence-electron chi connectivity index (χ3n) is 5.80. The molecule has 0 amide bonds. The summed E-state index contributed by atoms with van der Waals surface area (Å²) in [6.45, 7) is 2.89. The van der Waals surface area contributed by atoms with E-state index in [2.05, 4.69) is 35.7 Å². The van der Waals surface area contributed by atoms with Gasteiger partial charge in [-0.25, -0.2) is 0 Å². The summed E-state index contributed by atoms with van der Waals surface area (Å²) in [4.78, 5) is 13.0. The van der Waals surface area contributed by atoms with Gasteiger partial charge in [0.15, 0.2) is 5.78 Å². The molecule has 1 aliphatic heterocycles. The maximum Gasteiger partial charge on any atom is 0.165 e. The van der Waals surface area contributed by atoms with Gasteiger partial charge in [0.05, 0.1) is 0 Å². The highest BCUT2D eigenvalue weighted by molar-refractivity contribution is 6.30. The molecule has 0 saturated heterocycles. The quantitative estimate of drug-likeness (QED) is 0.456. The van der Waals surface area contributed by atoms with Crippen LogP contribution in [0.25, 0.3) is 16.7 Å². The monoisotopic (exact) mass is 415 g/mol. The lowest BCUT2D eigenvalue weighted by Crippen LogP contribution is -2.35. The first-order valence-corrected chi connectivity index (χ1v) is 10.9. The van der Waals surface area contributed by atoms with Crippen molar-refractivity contribution in [3.8, 4) is 11.1 Å². The van der Waals surface area contributed by atoms with Crippen molar-refractivity contribution in [2.45, 2.75) is 25.8 Å². The largest absolute Gasteiger partial charge is 0.310 e. The maximum atomic E-state index is 13.0. The van der Waals surface area contributed by atoms with E-state index in [0.717, 1.165) is 41.1 Å². The predicted octanol–water partition coefficient (Wildman–Crippen LogP) is 6.66. The second kappa shape index (κ2) is 9.42. The summed E-state index contributed by atoms with van der Waals surface area (Å²) in [5.74, 6) is 0.175. The summed E-state index contributed by atoms with van der Waals surface area (Å²) in [6.07, 6.45) is 4.05. The van der Waals surface area contributed by atoms with Gasteiger partial charge in [-0.05, 0) is 47.2 Å². The van der Waals surface area contributed by atoms with Crippen LogP contribution in [0, 0.1) is 5.92 Å². The van der Waals surface area contributed by atoms with Crippen LogP contribution in [0.3, 0.4) is 0 Å². The number of hydrogen-bond acceptors (Lipinski definition) is 2. The van der Waals surface area contributed by atoms with Gasteiger partial charge in [-0.2, -0.15) is 0 Å². The van der Waals surface area contributed by atoms with Crippen molar-refractivity contribution >= 4 is 23.0 Å². The van der Waals surface area contributed by atoms with E-state index in [0.29, 0.717) is 6.04 Å². The smallest absolute Gasteiger partial charge is 0.165 e. The van der Waals surface area contributed by atoms with Crippen LogP contribution < -0.4 is 5.32 Å². The average molecular weight is 416 g/mol. The summed E-state index contributed by atoms with van der Waals surface area (Å²) in [5.41, 5.74) is 5.60. The first kappa shape index (κ1) is 20.6. The normalized spacial score (nSPS) is 17.3. The third kappa shape index (κ3) is 4.89. The van der Waals surface area contributed by atoms with Crippen LogP contribution in [0.5, 0.6) is 0 Å². The van der Waals surface area contributed by atoms with E-state index in [-0.39, 0.29) is 11.7 Å². The molecule has 2 nitrogen and oxygen atoms in total. The summed E-state index contributed by atoms with van der Waals surface area (Å²) >= 11 is 5.97. The van der Waals surface area contributed by atoms with Crippen LogP contribution in [0.2, 0.25) is 5.02 Å². The number of carbonyl (C=O) groups is 1. The lowest BCUT2D eigenvalue weighted by atomic mass is 9.87. The highest BCUT2D eigenvalue weighted by Crippen LogP contribution is 2.27. The third-order valence-corrected chi connectivity index (χ3v) is 6.05. The van der Waals surface area contributed by atoms with E-state index >= 15 is 0 Å². The van der Waals surface area contributed by atoms with Crippen molar-refractivity contribution in [2.75, 3.05) is 6.54 Å². The van der Waals surface area contributed by atoms with Crippen LogP contribution in [0.15, 0.2) is 84.9 Å². The van der Waals surface area contributed by atoms with E-state index in [1.54, 1.807) is 0 Å². The molecule has 0 fully saturated rings. The van der Waals surface area contributed by atoms with Gasteiger partial charge in [-0.15, -0.1) is 0 Å². The van der Waals surface area contributed by atoms with Crippen molar-refractivity contribution in [3.05, 3.63) is 101 Å². The number of hydrogen-bond donors (Lipinski definition) is 1. The Morgan fingerprint density at radius 3 is 2.23 bits per heavy atom. The molecule has 0 spiro atoms. The van der Waals surface area contributed by atoms with E-state index in [9.17, 15) is 4.79 Å². The van der Waals surface area contributed by atoms with E-state index in [1.165, 1.54) is 11.1 Å². The lowest BCUT2D eigenvalue weighted by Gasteiger charge is -2.26. The minimum Gasteiger partial charge on any atom is -0.310 e. The predicted molar refractivity (Wildman–Crippen MR) is 126 cm³/mol. The highest BCUT2D eigenvalue weighted by Gasteiger charge is 2.23. The SMILES string of the molecule is CC(CC1CC(c2ccccc2)=CCN1)C(=O)c1ccc(-c2ccc(Cl)cc2)cc1. The molecule has 3 aromatic rings. The molecule has 2 atom stereocenters. The number of benzene rings is 3. The first-order chi connectivity index (χ1) is 14.6. The molecule has 0 radical (unpaired) electrons. The topological polar surface area (TPSA) is 29.1 Å². The fourth-order valence-corrected chi connectivity index (χ4v) is 4.24. The molecule has 0 bridgehead atoms. The fraction of sp³-hybridized carbons (Fsp3) is 0.222.